The molecule has 0 aromatic heterocycles. The van der Waals surface area contributed by atoms with E-state index in [4.69, 9.17) is 23.7 Å². The molecule has 0 spiro atoms. The third-order valence-electron chi connectivity index (χ3n) is 4.32. The minimum Gasteiger partial charge on any atom is -0.493 e. The zero-order valence-corrected chi connectivity index (χ0v) is 17.6. The highest BCUT2D eigenvalue weighted by molar-refractivity contribution is 5.94. The van der Waals surface area contributed by atoms with Crippen molar-refractivity contribution >= 4 is 18.0 Å². The molecule has 0 radical (unpaired) electrons. The van der Waals surface area contributed by atoms with Crippen molar-refractivity contribution in [3.63, 3.8) is 0 Å². The number of hydrogen-bond acceptors (Lipinski definition) is 8. The van der Waals surface area contributed by atoms with E-state index in [2.05, 4.69) is 10.6 Å². The Labute approximate surface area is 174 Å². The average molecular weight is 422 g/mol. The molecule has 0 unspecified atom stereocenters. The molecule has 1 atom stereocenters. The number of carbonyl (C=O) groups is 3. The summed E-state index contributed by atoms with van der Waals surface area (Å²) in [5.74, 6) is 0.0687. The number of hydrogen-bond donors (Lipinski definition) is 2. The van der Waals surface area contributed by atoms with Crippen LogP contribution in [0.2, 0.25) is 0 Å². The summed E-state index contributed by atoms with van der Waals surface area (Å²) in [4.78, 5) is 36.3. The molecular weight excluding hydrogens is 396 g/mol. The first-order valence-corrected chi connectivity index (χ1v) is 9.26. The van der Waals surface area contributed by atoms with Crippen molar-refractivity contribution in [2.45, 2.75) is 26.3 Å². The van der Waals surface area contributed by atoms with Crippen LogP contribution in [0.5, 0.6) is 17.2 Å². The molecule has 1 aromatic rings. The van der Waals surface area contributed by atoms with Crippen LogP contribution in [-0.2, 0) is 25.5 Å². The number of ether oxygens (including phenoxy) is 5. The van der Waals surface area contributed by atoms with Gasteiger partial charge in [-0.1, -0.05) is 0 Å². The average Bonchev–Trinajstić information content (AvgIpc) is 2.71. The second kappa shape index (κ2) is 10.4. The van der Waals surface area contributed by atoms with Crippen LogP contribution >= 0.6 is 0 Å². The Morgan fingerprint density at radius 3 is 2.20 bits per heavy atom. The summed E-state index contributed by atoms with van der Waals surface area (Å²) in [6, 6.07) is 2.20. The highest BCUT2D eigenvalue weighted by Gasteiger charge is 2.30. The minimum absolute atomic E-state index is 0.0829. The Kier molecular flexibility index (Phi) is 7.90. The number of amides is 2. The van der Waals surface area contributed by atoms with Crippen LogP contribution < -0.4 is 24.8 Å². The van der Waals surface area contributed by atoms with Crippen molar-refractivity contribution in [3.05, 3.63) is 29.0 Å². The van der Waals surface area contributed by atoms with Crippen molar-refractivity contribution in [2.75, 3.05) is 34.5 Å². The molecule has 0 saturated carbocycles. The maximum Gasteiger partial charge on any atom is 0.338 e. The maximum atomic E-state index is 12.4. The van der Waals surface area contributed by atoms with Crippen molar-refractivity contribution in [3.8, 4) is 17.2 Å². The molecule has 164 valence electrons. The van der Waals surface area contributed by atoms with Crippen LogP contribution in [0.25, 0.3) is 0 Å². The summed E-state index contributed by atoms with van der Waals surface area (Å²) in [6.07, 6.45) is -0.0829. The number of carbonyl (C=O) groups excluding carboxylic acids is 3. The van der Waals surface area contributed by atoms with E-state index in [0.717, 1.165) is 0 Å². The van der Waals surface area contributed by atoms with Gasteiger partial charge in [-0.25, -0.2) is 9.59 Å². The van der Waals surface area contributed by atoms with Gasteiger partial charge in [-0.05, 0) is 31.5 Å². The van der Waals surface area contributed by atoms with Gasteiger partial charge in [0, 0.05) is 0 Å². The number of urea groups is 1. The summed E-state index contributed by atoms with van der Waals surface area (Å²) in [5.41, 5.74) is 0.969. The Bertz CT molecular complexity index is 824. The number of nitrogens with one attached hydrogen (secondary N) is 2. The minimum atomic E-state index is -0.590. The van der Waals surface area contributed by atoms with E-state index in [0.29, 0.717) is 22.8 Å². The van der Waals surface area contributed by atoms with Gasteiger partial charge in [0.25, 0.3) is 0 Å². The highest BCUT2D eigenvalue weighted by atomic mass is 16.5. The molecule has 10 heteroatoms. The monoisotopic (exact) mass is 422 g/mol. The second-order valence-electron chi connectivity index (χ2n) is 6.30. The lowest BCUT2D eigenvalue weighted by molar-refractivity contribution is -0.143. The molecule has 1 aliphatic rings. The Morgan fingerprint density at radius 2 is 1.67 bits per heavy atom. The maximum absolute atomic E-state index is 12.4. The first-order chi connectivity index (χ1) is 14.3. The van der Waals surface area contributed by atoms with Crippen LogP contribution in [0.4, 0.5) is 4.79 Å². The smallest absolute Gasteiger partial charge is 0.338 e. The summed E-state index contributed by atoms with van der Waals surface area (Å²) < 4.78 is 26.1. The standard InChI is InChI=1S/C20H26N2O8/c1-6-29-19(24)17-11(2)21-20(25)22-13(17)10-30-16(23)9-12-7-14(26-3)18(28-5)15(8-12)27-4/h7-8,11H,6,9-10H2,1-5H3,(H2,21,22,25)/t11-/m0/s1. The summed E-state index contributed by atoms with van der Waals surface area (Å²) in [5, 5.41) is 5.08. The van der Waals surface area contributed by atoms with Gasteiger partial charge in [-0.15, -0.1) is 0 Å². The van der Waals surface area contributed by atoms with E-state index < -0.39 is 24.0 Å². The van der Waals surface area contributed by atoms with Crippen molar-refractivity contribution < 1.29 is 38.1 Å². The van der Waals surface area contributed by atoms with Gasteiger partial charge in [-0.3, -0.25) is 4.79 Å². The van der Waals surface area contributed by atoms with Gasteiger partial charge in [0.15, 0.2) is 11.5 Å². The van der Waals surface area contributed by atoms with E-state index in [-0.39, 0.29) is 30.9 Å². The zero-order valence-electron chi connectivity index (χ0n) is 17.6. The fraction of sp³-hybridized carbons (Fsp3) is 0.450. The van der Waals surface area contributed by atoms with E-state index in [1.165, 1.54) is 21.3 Å². The lowest BCUT2D eigenvalue weighted by Crippen LogP contribution is -2.50. The molecule has 1 aromatic carbocycles. The number of methoxy groups -OCH3 is 3. The molecule has 0 bridgehead atoms. The molecule has 30 heavy (non-hydrogen) atoms. The largest absolute Gasteiger partial charge is 0.493 e. The van der Waals surface area contributed by atoms with Gasteiger partial charge >= 0.3 is 18.0 Å². The number of esters is 2. The molecular formula is C20H26N2O8. The normalized spacial score (nSPS) is 15.6. The third-order valence-corrected chi connectivity index (χ3v) is 4.32. The summed E-state index contributed by atoms with van der Waals surface area (Å²) >= 11 is 0. The molecule has 2 amide bonds. The summed E-state index contributed by atoms with van der Waals surface area (Å²) in [6.45, 7) is 3.21. The van der Waals surface area contributed by atoms with Crippen molar-refractivity contribution in [1.29, 1.82) is 0 Å². The van der Waals surface area contributed by atoms with Crippen LogP contribution in [0, 0.1) is 0 Å². The quantitative estimate of drug-likeness (QED) is 0.572. The first-order valence-electron chi connectivity index (χ1n) is 9.26. The SMILES string of the molecule is CCOC(=O)C1=C(COC(=O)Cc2cc(OC)c(OC)c(OC)c2)NC(=O)N[C@H]1C. The van der Waals surface area contributed by atoms with Crippen LogP contribution in [0.15, 0.2) is 23.4 Å². The van der Waals surface area contributed by atoms with E-state index in [1.54, 1.807) is 26.0 Å². The van der Waals surface area contributed by atoms with Gasteiger partial charge in [0.05, 0.1) is 51.7 Å². The van der Waals surface area contributed by atoms with E-state index >= 15 is 0 Å². The predicted octanol–water partition coefficient (Wildman–Crippen LogP) is 1.32. The van der Waals surface area contributed by atoms with Gasteiger partial charge in [-0.2, -0.15) is 0 Å². The fourth-order valence-electron chi connectivity index (χ4n) is 3.00. The molecule has 0 fully saturated rings. The molecule has 0 saturated heterocycles. The first kappa shape index (κ1) is 22.9. The van der Waals surface area contributed by atoms with Crippen LogP contribution in [-0.4, -0.2) is 58.6 Å². The Hall–Kier alpha value is -3.43. The van der Waals surface area contributed by atoms with Gasteiger partial charge in [0.2, 0.25) is 5.75 Å². The van der Waals surface area contributed by atoms with Gasteiger partial charge < -0.3 is 34.3 Å². The number of benzene rings is 1. The molecule has 2 rings (SSSR count). The van der Waals surface area contributed by atoms with Crippen molar-refractivity contribution in [2.24, 2.45) is 0 Å². The fourth-order valence-corrected chi connectivity index (χ4v) is 3.00. The summed E-state index contributed by atoms with van der Waals surface area (Å²) in [7, 11) is 4.44. The highest BCUT2D eigenvalue weighted by Crippen LogP contribution is 2.38. The lowest BCUT2D eigenvalue weighted by Gasteiger charge is -2.26. The molecule has 0 aliphatic carbocycles. The third kappa shape index (κ3) is 5.34. The van der Waals surface area contributed by atoms with Crippen LogP contribution in [0.3, 0.4) is 0 Å². The second-order valence-corrected chi connectivity index (χ2v) is 6.30. The van der Waals surface area contributed by atoms with Crippen LogP contribution in [0.1, 0.15) is 19.4 Å². The number of rotatable bonds is 9. The Balaban J connectivity index is 2.15. The van der Waals surface area contributed by atoms with E-state index in [1.807, 2.05) is 0 Å². The lowest BCUT2D eigenvalue weighted by atomic mass is 10.0. The predicted molar refractivity (Wildman–Crippen MR) is 106 cm³/mol. The van der Waals surface area contributed by atoms with Crippen molar-refractivity contribution in [1.82, 2.24) is 10.6 Å². The van der Waals surface area contributed by atoms with E-state index in [9.17, 15) is 14.4 Å². The molecule has 10 nitrogen and oxygen atoms in total. The topological polar surface area (TPSA) is 121 Å². The zero-order chi connectivity index (χ0) is 22.3. The van der Waals surface area contributed by atoms with Gasteiger partial charge in [0.1, 0.15) is 6.61 Å². The molecule has 1 aliphatic heterocycles. The molecule has 2 N–H and O–H groups in total. The Morgan fingerprint density at radius 1 is 1.03 bits per heavy atom. The molecule has 1 heterocycles.